The number of urea groups is 1. The SMILES string of the molecule is CC(NC(=O)N1CCC(CO)C1)c1cccc(OC(F)F)c1. The van der Waals surface area contributed by atoms with Gasteiger partial charge in [0.2, 0.25) is 0 Å². The van der Waals surface area contributed by atoms with E-state index >= 15 is 0 Å². The van der Waals surface area contributed by atoms with E-state index in [-0.39, 0.29) is 30.3 Å². The van der Waals surface area contributed by atoms with Gasteiger partial charge in [-0.15, -0.1) is 0 Å². The van der Waals surface area contributed by atoms with Crippen molar-refractivity contribution in [3.8, 4) is 5.75 Å². The number of hydrogen-bond acceptors (Lipinski definition) is 3. The topological polar surface area (TPSA) is 61.8 Å². The van der Waals surface area contributed by atoms with Gasteiger partial charge in [-0.25, -0.2) is 4.79 Å². The minimum Gasteiger partial charge on any atom is -0.435 e. The Morgan fingerprint density at radius 1 is 1.55 bits per heavy atom. The first kappa shape index (κ1) is 16.5. The van der Waals surface area contributed by atoms with Crippen molar-refractivity contribution >= 4 is 6.03 Å². The molecular formula is C15H20F2N2O3. The molecule has 1 fully saturated rings. The number of ether oxygens (including phenoxy) is 1. The summed E-state index contributed by atoms with van der Waals surface area (Å²) in [4.78, 5) is 13.8. The number of carbonyl (C=O) groups is 1. The molecule has 1 heterocycles. The Morgan fingerprint density at radius 3 is 2.95 bits per heavy atom. The van der Waals surface area contributed by atoms with Crippen LogP contribution in [-0.4, -0.2) is 42.3 Å². The van der Waals surface area contributed by atoms with Gasteiger partial charge in [0.25, 0.3) is 0 Å². The summed E-state index contributed by atoms with van der Waals surface area (Å²) in [5.41, 5.74) is 0.685. The predicted molar refractivity (Wildman–Crippen MR) is 76.8 cm³/mol. The summed E-state index contributed by atoms with van der Waals surface area (Å²) in [6, 6.07) is 5.72. The molecule has 5 nitrogen and oxygen atoms in total. The number of carbonyl (C=O) groups excluding carboxylic acids is 1. The average molecular weight is 314 g/mol. The Balaban J connectivity index is 1.94. The number of aliphatic hydroxyl groups excluding tert-OH is 1. The second-order valence-electron chi connectivity index (χ2n) is 5.41. The average Bonchev–Trinajstić information content (AvgIpc) is 2.95. The summed E-state index contributed by atoms with van der Waals surface area (Å²) in [7, 11) is 0. The lowest BCUT2D eigenvalue weighted by molar-refractivity contribution is -0.0499. The number of halogens is 2. The largest absolute Gasteiger partial charge is 0.435 e. The van der Waals surface area contributed by atoms with Gasteiger partial charge in [-0.05, 0) is 31.0 Å². The van der Waals surface area contributed by atoms with Gasteiger partial charge < -0.3 is 20.1 Å². The number of rotatable bonds is 5. The number of aliphatic hydroxyl groups is 1. The first-order chi connectivity index (χ1) is 10.5. The number of amides is 2. The Labute approximate surface area is 127 Å². The van der Waals surface area contributed by atoms with Gasteiger partial charge in [0.1, 0.15) is 5.75 Å². The third kappa shape index (κ3) is 4.30. The van der Waals surface area contributed by atoms with Crippen LogP contribution in [0, 0.1) is 5.92 Å². The third-order valence-electron chi connectivity index (χ3n) is 3.75. The number of alkyl halides is 2. The quantitative estimate of drug-likeness (QED) is 0.877. The molecule has 2 amide bonds. The zero-order valence-electron chi connectivity index (χ0n) is 12.3. The van der Waals surface area contributed by atoms with Gasteiger partial charge in [-0.3, -0.25) is 0 Å². The van der Waals surface area contributed by atoms with Gasteiger partial charge in [-0.1, -0.05) is 12.1 Å². The predicted octanol–water partition coefficient (Wildman–Crippen LogP) is 2.37. The lowest BCUT2D eigenvalue weighted by atomic mass is 10.1. The fraction of sp³-hybridized carbons (Fsp3) is 0.533. The van der Waals surface area contributed by atoms with Crippen molar-refractivity contribution in [1.29, 1.82) is 0 Å². The zero-order valence-corrected chi connectivity index (χ0v) is 12.3. The molecule has 1 saturated heterocycles. The summed E-state index contributed by atoms with van der Waals surface area (Å²) in [6.45, 7) is 0.118. The highest BCUT2D eigenvalue weighted by atomic mass is 19.3. The molecule has 2 unspecified atom stereocenters. The van der Waals surface area contributed by atoms with Crippen molar-refractivity contribution in [3.05, 3.63) is 29.8 Å². The highest BCUT2D eigenvalue weighted by Crippen LogP contribution is 2.22. The molecule has 7 heteroatoms. The molecule has 0 spiro atoms. The Bertz CT molecular complexity index is 513. The molecule has 0 saturated carbocycles. The van der Waals surface area contributed by atoms with E-state index in [1.54, 1.807) is 24.0 Å². The molecule has 122 valence electrons. The monoisotopic (exact) mass is 314 g/mol. The molecule has 2 rings (SSSR count). The molecular weight excluding hydrogens is 294 g/mol. The van der Waals surface area contributed by atoms with Crippen molar-refractivity contribution in [1.82, 2.24) is 10.2 Å². The van der Waals surface area contributed by atoms with E-state index in [0.717, 1.165) is 6.42 Å². The van der Waals surface area contributed by atoms with Crippen LogP contribution >= 0.6 is 0 Å². The molecule has 0 radical (unpaired) electrons. The van der Waals surface area contributed by atoms with Crippen LogP contribution in [0.5, 0.6) is 5.75 Å². The van der Waals surface area contributed by atoms with Crippen molar-refractivity contribution < 1.29 is 23.4 Å². The molecule has 0 aliphatic carbocycles. The van der Waals surface area contributed by atoms with Crippen LogP contribution in [0.25, 0.3) is 0 Å². The number of nitrogens with one attached hydrogen (secondary N) is 1. The summed E-state index contributed by atoms with van der Waals surface area (Å²) in [5, 5.41) is 11.9. The second kappa shape index (κ2) is 7.40. The minimum atomic E-state index is -2.87. The number of hydrogen-bond donors (Lipinski definition) is 2. The van der Waals surface area contributed by atoms with E-state index in [1.807, 2.05) is 0 Å². The summed E-state index contributed by atoms with van der Waals surface area (Å²) >= 11 is 0. The van der Waals surface area contributed by atoms with Crippen LogP contribution in [0.2, 0.25) is 0 Å². The Morgan fingerprint density at radius 2 is 2.32 bits per heavy atom. The summed E-state index contributed by atoms with van der Waals surface area (Å²) in [6.07, 6.45) is 0.788. The maximum absolute atomic E-state index is 12.2. The van der Waals surface area contributed by atoms with E-state index in [9.17, 15) is 13.6 Å². The van der Waals surface area contributed by atoms with E-state index in [1.165, 1.54) is 12.1 Å². The fourth-order valence-electron chi connectivity index (χ4n) is 2.49. The highest BCUT2D eigenvalue weighted by molar-refractivity contribution is 5.75. The first-order valence-electron chi connectivity index (χ1n) is 7.20. The summed E-state index contributed by atoms with van der Waals surface area (Å²) in [5.74, 6) is 0.193. The van der Waals surface area contributed by atoms with Gasteiger partial charge >= 0.3 is 12.6 Å². The van der Waals surface area contributed by atoms with Crippen LogP contribution in [0.3, 0.4) is 0 Å². The van der Waals surface area contributed by atoms with E-state index in [0.29, 0.717) is 18.7 Å². The second-order valence-corrected chi connectivity index (χ2v) is 5.41. The Kier molecular flexibility index (Phi) is 5.54. The third-order valence-corrected chi connectivity index (χ3v) is 3.75. The molecule has 1 aromatic rings. The molecule has 2 N–H and O–H groups in total. The lowest BCUT2D eigenvalue weighted by Gasteiger charge is -2.21. The van der Waals surface area contributed by atoms with Gasteiger partial charge in [0.05, 0.1) is 6.04 Å². The van der Waals surface area contributed by atoms with E-state index < -0.39 is 6.61 Å². The Hall–Kier alpha value is -1.89. The normalized spacial score (nSPS) is 19.3. The van der Waals surface area contributed by atoms with Crippen molar-refractivity contribution in [2.45, 2.75) is 26.0 Å². The number of likely N-dealkylation sites (tertiary alicyclic amines) is 1. The van der Waals surface area contributed by atoms with Crippen LogP contribution in [-0.2, 0) is 0 Å². The lowest BCUT2D eigenvalue weighted by Crippen LogP contribution is -2.39. The van der Waals surface area contributed by atoms with Crippen LogP contribution in [0.1, 0.15) is 24.9 Å². The zero-order chi connectivity index (χ0) is 16.1. The standard InChI is InChI=1S/C15H20F2N2O3/c1-10(12-3-2-4-13(7-12)22-14(16)17)18-15(21)19-6-5-11(8-19)9-20/h2-4,7,10-11,14,20H,5-6,8-9H2,1H3,(H,18,21). The summed E-state index contributed by atoms with van der Waals surface area (Å²) < 4.78 is 28.8. The maximum Gasteiger partial charge on any atom is 0.387 e. The van der Waals surface area contributed by atoms with Gasteiger partial charge in [-0.2, -0.15) is 8.78 Å². The van der Waals surface area contributed by atoms with Crippen LogP contribution < -0.4 is 10.1 Å². The maximum atomic E-state index is 12.2. The minimum absolute atomic E-state index is 0.0649. The van der Waals surface area contributed by atoms with E-state index in [2.05, 4.69) is 10.1 Å². The first-order valence-corrected chi connectivity index (χ1v) is 7.20. The molecule has 1 aliphatic heterocycles. The van der Waals surface area contributed by atoms with Crippen molar-refractivity contribution in [2.24, 2.45) is 5.92 Å². The smallest absolute Gasteiger partial charge is 0.387 e. The highest BCUT2D eigenvalue weighted by Gasteiger charge is 2.26. The van der Waals surface area contributed by atoms with E-state index in [4.69, 9.17) is 5.11 Å². The molecule has 22 heavy (non-hydrogen) atoms. The fourth-order valence-corrected chi connectivity index (χ4v) is 2.49. The molecule has 0 bridgehead atoms. The number of benzene rings is 1. The molecule has 0 aromatic heterocycles. The molecule has 1 aromatic carbocycles. The van der Waals surface area contributed by atoms with Crippen molar-refractivity contribution in [2.75, 3.05) is 19.7 Å². The molecule has 2 atom stereocenters. The van der Waals surface area contributed by atoms with Gasteiger partial charge in [0.15, 0.2) is 0 Å². The van der Waals surface area contributed by atoms with Crippen molar-refractivity contribution in [3.63, 3.8) is 0 Å². The van der Waals surface area contributed by atoms with Crippen LogP contribution in [0.4, 0.5) is 13.6 Å². The van der Waals surface area contributed by atoms with Crippen LogP contribution in [0.15, 0.2) is 24.3 Å². The molecule has 1 aliphatic rings. The number of nitrogens with zero attached hydrogens (tertiary/aromatic N) is 1. The van der Waals surface area contributed by atoms with Gasteiger partial charge in [0, 0.05) is 25.6 Å².